The van der Waals surface area contributed by atoms with Gasteiger partial charge in [0.25, 0.3) is 0 Å². The zero-order valence-corrected chi connectivity index (χ0v) is 14.3. The minimum absolute atomic E-state index is 0.0687. The van der Waals surface area contributed by atoms with Crippen molar-refractivity contribution in [3.63, 3.8) is 0 Å². The maximum Gasteiger partial charge on any atom is 0.249 e. The quantitative estimate of drug-likeness (QED) is 0.763. The van der Waals surface area contributed by atoms with Crippen LogP contribution in [-0.4, -0.2) is 16.1 Å². The van der Waals surface area contributed by atoms with Crippen molar-refractivity contribution in [3.8, 4) is 17.5 Å². The summed E-state index contributed by atoms with van der Waals surface area (Å²) >= 11 is 15.4. The molecule has 0 radical (unpaired) electrons. The lowest BCUT2D eigenvalue weighted by Gasteiger charge is -2.13. The third-order valence-electron chi connectivity index (χ3n) is 2.34. The van der Waals surface area contributed by atoms with Gasteiger partial charge in [-0.05, 0) is 35.8 Å². The number of nitrogens with two attached hydrogens (primary N) is 1. The molecular formula is C13H12BrCl2N3O2. The van der Waals surface area contributed by atoms with Crippen LogP contribution in [0.4, 0.5) is 5.69 Å². The molecule has 0 amide bonds. The Bertz CT molecular complexity index is 668. The molecule has 1 heterocycles. The molecule has 21 heavy (non-hydrogen) atoms. The Kier molecular flexibility index (Phi) is 5.13. The lowest BCUT2D eigenvalue weighted by molar-refractivity contribution is 0.233. The Hall–Kier alpha value is -1.24. The number of anilines is 1. The number of nitrogens with zero attached hydrogens (tertiary/aromatic N) is 2. The van der Waals surface area contributed by atoms with E-state index in [4.69, 9.17) is 38.4 Å². The standard InChI is InChI=1S/C13H12BrCl2N3O2/c1-6(2)20-12-11(17)13(19-5-18-12)21-10-4-8(15)7(14)3-9(10)16/h3-6H,17H2,1-2H3. The van der Waals surface area contributed by atoms with Crippen molar-refractivity contribution < 1.29 is 9.47 Å². The van der Waals surface area contributed by atoms with Crippen molar-refractivity contribution in [2.45, 2.75) is 20.0 Å². The van der Waals surface area contributed by atoms with Gasteiger partial charge in [0.05, 0.1) is 16.1 Å². The fourth-order valence-corrected chi connectivity index (χ4v) is 2.28. The first-order valence-electron chi connectivity index (χ1n) is 5.98. The van der Waals surface area contributed by atoms with Crippen molar-refractivity contribution in [1.82, 2.24) is 9.97 Å². The fourth-order valence-electron chi connectivity index (χ4n) is 1.45. The molecule has 2 rings (SSSR count). The summed E-state index contributed by atoms with van der Waals surface area (Å²) in [5.41, 5.74) is 6.13. The molecule has 2 N–H and O–H groups in total. The van der Waals surface area contributed by atoms with Crippen LogP contribution in [0.1, 0.15) is 13.8 Å². The van der Waals surface area contributed by atoms with Crippen LogP contribution in [0.5, 0.6) is 17.5 Å². The molecule has 0 atom stereocenters. The van der Waals surface area contributed by atoms with E-state index in [0.717, 1.165) is 0 Å². The highest BCUT2D eigenvalue weighted by Gasteiger charge is 2.15. The van der Waals surface area contributed by atoms with Crippen LogP contribution in [-0.2, 0) is 0 Å². The van der Waals surface area contributed by atoms with E-state index in [1.165, 1.54) is 6.33 Å². The van der Waals surface area contributed by atoms with E-state index >= 15 is 0 Å². The summed E-state index contributed by atoms with van der Waals surface area (Å²) < 4.78 is 11.7. The van der Waals surface area contributed by atoms with E-state index in [1.54, 1.807) is 12.1 Å². The lowest BCUT2D eigenvalue weighted by Crippen LogP contribution is -2.10. The summed E-state index contributed by atoms with van der Waals surface area (Å²) in [6.45, 7) is 3.74. The number of ether oxygens (including phenoxy) is 2. The van der Waals surface area contributed by atoms with Crippen molar-refractivity contribution in [2.24, 2.45) is 0 Å². The minimum Gasteiger partial charge on any atom is -0.473 e. The van der Waals surface area contributed by atoms with Crippen molar-refractivity contribution >= 4 is 44.8 Å². The summed E-state index contributed by atoms with van der Waals surface area (Å²) in [5.74, 6) is 0.751. The third kappa shape index (κ3) is 3.90. The van der Waals surface area contributed by atoms with Gasteiger partial charge < -0.3 is 15.2 Å². The maximum atomic E-state index is 6.10. The normalized spacial score (nSPS) is 10.8. The van der Waals surface area contributed by atoms with Crippen molar-refractivity contribution in [3.05, 3.63) is 33.0 Å². The second-order valence-electron chi connectivity index (χ2n) is 4.36. The third-order valence-corrected chi connectivity index (χ3v) is 3.83. The van der Waals surface area contributed by atoms with Gasteiger partial charge in [-0.3, -0.25) is 0 Å². The van der Waals surface area contributed by atoms with Gasteiger partial charge in [-0.25, -0.2) is 0 Å². The molecule has 0 fully saturated rings. The van der Waals surface area contributed by atoms with Crippen LogP contribution in [0.2, 0.25) is 10.0 Å². The second kappa shape index (κ2) is 6.68. The first-order chi connectivity index (χ1) is 9.88. The first kappa shape index (κ1) is 16.1. The van der Waals surface area contributed by atoms with Crippen LogP contribution < -0.4 is 15.2 Å². The molecule has 112 valence electrons. The molecule has 8 heteroatoms. The highest BCUT2D eigenvalue weighted by Crippen LogP contribution is 2.38. The van der Waals surface area contributed by atoms with Crippen LogP contribution in [0.25, 0.3) is 0 Å². The Balaban J connectivity index is 2.34. The van der Waals surface area contributed by atoms with Crippen LogP contribution in [0, 0.1) is 0 Å². The van der Waals surface area contributed by atoms with Crippen molar-refractivity contribution in [1.29, 1.82) is 0 Å². The van der Waals surface area contributed by atoms with E-state index in [0.29, 0.717) is 20.3 Å². The van der Waals surface area contributed by atoms with Gasteiger partial charge >= 0.3 is 0 Å². The Morgan fingerprint density at radius 2 is 1.81 bits per heavy atom. The number of benzene rings is 1. The van der Waals surface area contributed by atoms with Crippen LogP contribution in [0.3, 0.4) is 0 Å². The van der Waals surface area contributed by atoms with Gasteiger partial charge in [-0.15, -0.1) is 0 Å². The van der Waals surface area contributed by atoms with Crippen molar-refractivity contribution in [2.75, 3.05) is 5.73 Å². The number of rotatable bonds is 4. The van der Waals surface area contributed by atoms with E-state index in [1.807, 2.05) is 13.8 Å². The molecule has 2 aromatic rings. The minimum atomic E-state index is -0.0687. The topological polar surface area (TPSA) is 70.3 Å². The highest BCUT2D eigenvalue weighted by molar-refractivity contribution is 9.10. The van der Waals surface area contributed by atoms with E-state index < -0.39 is 0 Å². The summed E-state index contributed by atoms with van der Waals surface area (Å²) in [6.07, 6.45) is 1.23. The molecule has 0 aliphatic heterocycles. The second-order valence-corrected chi connectivity index (χ2v) is 6.03. The summed E-state index contributed by atoms with van der Waals surface area (Å²) in [4.78, 5) is 7.95. The van der Waals surface area contributed by atoms with Gasteiger partial charge in [-0.1, -0.05) is 23.2 Å². The highest BCUT2D eigenvalue weighted by atomic mass is 79.9. The fraction of sp³-hybridized carbons (Fsp3) is 0.231. The molecule has 1 aromatic heterocycles. The molecular weight excluding hydrogens is 381 g/mol. The summed E-state index contributed by atoms with van der Waals surface area (Å²) in [5, 5.41) is 0.830. The molecule has 1 aromatic carbocycles. The zero-order valence-electron chi connectivity index (χ0n) is 11.2. The number of aromatic nitrogens is 2. The Morgan fingerprint density at radius 1 is 1.14 bits per heavy atom. The van der Waals surface area contributed by atoms with Gasteiger partial charge in [0.1, 0.15) is 12.1 Å². The maximum absolute atomic E-state index is 6.10. The number of hydrogen-bond acceptors (Lipinski definition) is 5. The average Bonchev–Trinajstić information content (AvgIpc) is 2.40. The molecule has 0 aliphatic rings. The average molecular weight is 393 g/mol. The van der Waals surface area contributed by atoms with Crippen LogP contribution >= 0.6 is 39.1 Å². The van der Waals surface area contributed by atoms with Crippen LogP contribution in [0.15, 0.2) is 22.9 Å². The summed E-state index contributed by atoms with van der Waals surface area (Å²) in [7, 11) is 0. The summed E-state index contributed by atoms with van der Waals surface area (Å²) in [6, 6.07) is 3.20. The van der Waals surface area contributed by atoms with Gasteiger partial charge in [0.15, 0.2) is 5.69 Å². The van der Waals surface area contributed by atoms with Gasteiger partial charge in [0, 0.05) is 10.5 Å². The molecule has 0 saturated heterocycles. The molecule has 0 saturated carbocycles. The Morgan fingerprint density at radius 3 is 2.48 bits per heavy atom. The predicted molar refractivity (Wildman–Crippen MR) is 86.4 cm³/mol. The lowest BCUT2D eigenvalue weighted by atomic mass is 10.3. The SMILES string of the molecule is CC(C)Oc1ncnc(Oc2cc(Cl)c(Br)cc2Cl)c1N. The molecule has 5 nitrogen and oxygen atoms in total. The van der Waals surface area contributed by atoms with E-state index in [-0.39, 0.29) is 23.6 Å². The molecule has 0 spiro atoms. The monoisotopic (exact) mass is 391 g/mol. The Labute approximate surface area is 140 Å². The zero-order chi connectivity index (χ0) is 15.6. The predicted octanol–water partition coefficient (Wildman–Crippen LogP) is 4.71. The van der Waals surface area contributed by atoms with E-state index in [9.17, 15) is 0 Å². The first-order valence-corrected chi connectivity index (χ1v) is 7.53. The molecule has 0 bridgehead atoms. The number of halogens is 3. The number of nitrogen functional groups attached to an aromatic ring is 1. The largest absolute Gasteiger partial charge is 0.473 e. The van der Waals surface area contributed by atoms with E-state index in [2.05, 4.69) is 25.9 Å². The molecule has 0 unspecified atom stereocenters. The molecule has 0 aliphatic carbocycles. The van der Waals surface area contributed by atoms with Gasteiger partial charge in [-0.2, -0.15) is 9.97 Å². The van der Waals surface area contributed by atoms with Gasteiger partial charge in [0.2, 0.25) is 11.8 Å². The smallest absolute Gasteiger partial charge is 0.249 e. The number of hydrogen-bond donors (Lipinski definition) is 1.